The Morgan fingerprint density at radius 1 is 1.00 bits per heavy atom. The average molecular weight is 380 g/mol. The number of ether oxygens (including phenoxy) is 2. The number of para-hydroxylation sites is 1. The molecule has 0 saturated heterocycles. The van der Waals surface area contributed by atoms with Gasteiger partial charge in [-0.05, 0) is 36.6 Å². The summed E-state index contributed by atoms with van der Waals surface area (Å²) in [7, 11) is 1.71. The fraction of sp³-hybridized carbons (Fsp3) is 0.273. The highest BCUT2D eigenvalue weighted by atomic mass is 16.5. The van der Waals surface area contributed by atoms with E-state index in [9.17, 15) is 9.59 Å². The number of fused-ring (bicyclic) bond motifs is 1. The van der Waals surface area contributed by atoms with Crippen LogP contribution in [0.2, 0.25) is 0 Å². The van der Waals surface area contributed by atoms with Gasteiger partial charge in [-0.2, -0.15) is 0 Å². The fourth-order valence-electron chi connectivity index (χ4n) is 2.91. The predicted octanol–water partition coefficient (Wildman–Crippen LogP) is 2.94. The second-order valence-corrected chi connectivity index (χ2v) is 6.39. The third kappa shape index (κ3) is 4.71. The minimum Gasteiger partial charge on any atom is -0.494 e. The topological polar surface area (TPSA) is 60.8 Å². The molecule has 146 valence electrons. The van der Waals surface area contributed by atoms with E-state index in [4.69, 9.17) is 9.47 Å². The third-order valence-corrected chi connectivity index (χ3v) is 4.43. The van der Waals surface area contributed by atoms with E-state index >= 15 is 0 Å². The molecule has 2 aromatic carbocycles. The minimum atomic E-state index is -0.190. The van der Waals surface area contributed by atoms with Crippen LogP contribution in [-0.2, 0) is 11.3 Å². The van der Waals surface area contributed by atoms with Gasteiger partial charge in [-0.15, -0.1) is 0 Å². The number of aromatic nitrogens is 1. The van der Waals surface area contributed by atoms with E-state index in [1.807, 2.05) is 55.5 Å². The van der Waals surface area contributed by atoms with Crippen molar-refractivity contribution >= 4 is 16.8 Å². The van der Waals surface area contributed by atoms with Gasteiger partial charge >= 0.3 is 0 Å². The summed E-state index contributed by atoms with van der Waals surface area (Å²) < 4.78 is 12.7. The van der Waals surface area contributed by atoms with Crippen molar-refractivity contribution in [3.63, 3.8) is 0 Å². The van der Waals surface area contributed by atoms with E-state index in [1.54, 1.807) is 18.0 Å². The van der Waals surface area contributed by atoms with E-state index < -0.39 is 0 Å². The van der Waals surface area contributed by atoms with Gasteiger partial charge in [0.2, 0.25) is 5.91 Å². The Balaban J connectivity index is 1.59. The zero-order chi connectivity index (χ0) is 19.9. The monoisotopic (exact) mass is 380 g/mol. The summed E-state index contributed by atoms with van der Waals surface area (Å²) in [5.41, 5.74) is 0.560. The van der Waals surface area contributed by atoms with Crippen molar-refractivity contribution < 1.29 is 14.3 Å². The Labute approximate surface area is 163 Å². The standard InChI is InChI=1S/C22H24N2O4/c1-3-27-18-8-6-9-19(15-18)28-14-13-23(2)22(26)16-24-20-10-5-4-7-17(20)11-12-21(24)25/h4-12,15H,3,13-14,16H2,1-2H3. The molecule has 0 N–H and O–H groups in total. The van der Waals surface area contributed by atoms with Crippen molar-refractivity contribution in [2.75, 3.05) is 26.8 Å². The Kier molecular flexibility index (Phi) is 6.32. The molecule has 3 aromatic rings. The summed E-state index contributed by atoms with van der Waals surface area (Å²) in [6.45, 7) is 3.28. The molecule has 3 rings (SSSR count). The van der Waals surface area contributed by atoms with Crippen LogP contribution in [-0.4, -0.2) is 42.2 Å². The van der Waals surface area contributed by atoms with Crippen LogP contribution in [0.5, 0.6) is 11.5 Å². The molecule has 1 amide bonds. The molecule has 0 radical (unpaired) electrons. The van der Waals surface area contributed by atoms with Gasteiger partial charge in [0.25, 0.3) is 5.56 Å². The molecule has 0 saturated carbocycles. The molecular weight excluding hydrogens is 356 g/mol. The molecule has 0 bridgehead atoms. The van der Waals surface area contributed by atoms with Gasteiger partial charge in [0.05, 0.1) is 18.7 Å². The lowest BCUT2D eigenvalue weighted by Gasteiger charge is -2.19. The van der Waals surface area contributed by atoms with Gasteiger partial charge < -0.3 is 14.4 Å². The maximum atomic E-state index is 12.6. The van der Waals surface area contributed by atoms with Gasteiger partial charge in [0, 0.05) is 19.2 Å². The maximum Gasteiger partial charge on any atom is 0.251 e. The van der Waals surface area contributed by atoms with Crippen LogP contribution in [0.25, 0.3) is 10.9 Å². The van der Waals surface area contributed by atoms with Crippen LogP contribution in [0.15, 0.2) is 65.5 Å². The fourth-order valence-corrected chi connectivity index (χ4v) is 2.91. The first kappa shape index (κ1) is 19.5. The molecule has 0 aliphatic rings. The lowest BCUT2D eigenvalue weighted by atomic mass is 10.2. The normalized spacial score (nSPS) is 10.6. The van der Waals surface area contributed by atoms with Gasteiger partial charge in [-0.3, -0.25) is 14.2 Å². The zero-order valence-corrected chi connectivity index (χ0v) is 16.1. The highest BCUT2D eigenvalue weighted by molar-refractivity contribution is 5.82. The third-order valence-electron chi connectivity index (χ3n) is 4.43. The number of carbonyl (C=O) groups is 1. The first-order chi connectivity index (χ1) is 13.6. The number of nitrogens with zero attached hydrogens (tertiary/aromatic N) is 2. The molecule has 6 nitrogen and oxygen atoms in total. The molecular formula is C22H24N2O4. The first-order valence-corrected chi connectivity index (χ1v) is 9.26. The van der Waals surface area contributed by atoms with E-state index in [-0.39, 0.29) is 18.0 Å². The van der Waals surface area contributed by atoms with E-state index in [1.165, 1.54) is 10.6 Å². The summed E-state index contributed by atoms with van der Waals surface area (Å²) in [5.74, 6) is 1.29. The Bertz CT molecular complexity index is 1010. The van der Waals surface area contributed by atoms with Gasteiger partial charge in [-0.25, -0.2) is 0 Å². The number of rotatable bonds is 8. The van der Waals surface area contributed by atoms with Crippen LogP contribution in [0.3, 0.4) is 0 Å². The molecule has 28 heavy (non-hydrogen) atoms. The molecule has 0 aliphatic carbocycles. The summed E-state index contributed by atoms with van der Waals surface area (Å²) in [6.07, 6.45) is 0. The van der Waals surface area contributed by atoms with Crippen LogP contribution in [0.1, 0.15) is 6.92 Å². The lowest BCUT2D eigenvalue weighted by molar-refractivity contribution is -0.130. The zero-order valence-electron chi connectivity index (χ0n) is 16.1. The molecule has 0 unspecified atom stereocenters. The number of hydrogen-bond donors (Lipinski definition) is 0. The Morgan fingerprint density at radius 2 is 1.75 bits per heavy atom. The highest BCUT2D eigenvalue weighted by Crippen LogP contribution is 2.19. The van der Waals surface area contributed by atoms with Crippen LogP contribution in [0.4, 0.5) is 0 Å². The van der Waals surface area contributed by atoms with Crippen molar-refractivity contribution in [1.29, 1.82) is 0 Å². The van der Waals surface area contributed by atoms with Crippen LogP contribution < -0.4 is 15.0 Å². The minimum absolute atomic E-state index is 0.00346. The number of carbonyl (C=O) groups excluding carboxylic acids is 1. The van der Waals surface area contributed by atoms with E-state index in [2.05, 4.69) is 0 Å². The quantitative estimate of drug-likeness (QED) is 0.603. The highest BCUT2D eigenvalue weighted by Gasteiger charge is 2.12. The molecule has 0 atom stereocenters. The Morgan fingerprint density at radius 3 is 2.54 bits per heavy atom. The maximum absolute atomic E-state index is 12.6. The summed E-state index contributed by atoms with van der Waals surface area (Å²) in [6, 6.07) is 18.2. The number of likely N-dealkylation sites (N-methyl/N-ethyl adjacent to an activating group) is 1. The largest absolute Gasteiger partial charge is 0.494 e. The smallest absolute Gasteiger partial charge is 0.251 e. The molecule has 6 heteroatoms. The molecule has 0 fully saturated rings. The van der Waals surface area contributed by atoms with E-state index in [0.717, 1.165) is 16.7 Å². The molecule has 0 spiro atoms. The number of benzene rings is 2. The van der Waals surface area contributed by atoms with Crippen molar-refractivity contribution in [3.8, 4) is 11.5 Å². The number of hydrogen-bond acceptors (Lipinski definition) is 4. The van der Waals surface area contributed by atoms with Gasteiger partial charge in [-0.1, -0.05) is 24.3 Å². The summed E-state index contributed by atoms with van der Waals surface area (Å²) in [4.78, 5) is 26.4. The SMILES string of the molecule is CCOc1cccc(OCCN(C)C(=O)Cn2c(=O)ccc3ccccc32)c1. The molecule has 0 aliphatic heterocycles. The van der Waals surface area contributed by atoms with Crippen molar-refractivity contribution in [3.05, 3.63) is 71.0 Å². The Hall–Kier alpha value is -3.28. The summed E-state index contributed by atoms with van der Waals surface area (Å²) in [5, 5.41) is 0.926. The summed E-state index contributed by atoms with van der Waals surface area (Å²) >= 11 is 0. The van der Waals surface area contributed by atoms with Crippen molar-refractivity contribution in [1.82, 2.24) is 9.47 Å². The first-order valence-electron chi connectivity index (χ1n) is 9.26. The van der Waals surface area contributed by atoms with Crippen LogP contribution in [0, 0.1) is 0 Å². The molecule has 1 aromatic heterocycles. The second-order valence-electron chi connectivity index (χ2n) is 6.39. The second kappa shape index (κ2) is 9.08. The van der Waals surface area contributed by atoms with Crippen LogP contribution >= 0.6 is 0 Å². The average Bonchev–Trinajstić information content (AvgIpc) is 2.70. The van der Waals surface area contributed by atoms with E-state index in [0.29, 0.717) is 25.5 Å². The van der Waals surface area contributed by atoms with Gasteiger partial charge in [0.15, 0.2) is 0 Å². The molecule has 1 heterocycles. The van der Waals surface area contributed by atoms with Gasteiger partial charge in [0.1, 0.15) is 24.7 Å². The lowest BCUT2D eigenvalue weighted by Crippen LogP contribution is -2.36. The predicted molar refractivity (Wildman–Crippen MR) is 109 cm³/mol. The number of amides is 1. The van der Waals surface area contributed by atoms with Crippen molar-refractivity contribution in [2.45, 2.75) is 13.5 Å². The number of pyridine rings is 1. The van der Waals surface area contributed by atoms with Crippen molar-refractivity contribution in [2.24, 2.45) is 0 Å².